The molecule has 4 rings (SSSR count). The fraction of sp³-hybridized carbons (Fsp3) is 0.500. The summed E-state index contributed by atoms with van der Waals surface area (Å²) in [6, 6.07) is 3.65. The smallest absolute Gasteiger partial charge is 0.259 e. The third-order valence-electron chi connectivity index (χ3n) is 5.13. The van der Waals surface area contributed by atoms with Crippen molar-refractivity contribution in [3.63, 3.8) is 0 Å². The number of hydrogen-bond acceptors (Lipinski definition) is 7. The highest BCUT2D eigenvalue weighted by molar-refractivity contribution is 6.06. The molecule has 3 aromatic rings. The van der Waals surface area contributed by atoms with Crippen LogP contribution in [-0.2, 0) is 11.3 Å². The average molecular weight is 398 g/mol. The van der Waals surface area contributed by atoms with E-state index in [4.69, 9.17) is 9.26 Å². The zero-order chi connectivity index (χ0) is 20.2. The van der Waals surface area contributed by atoms with Crippen molar-refractivity contribution in [2.24, 2.45) is 0 Å². The molecule has 0 spiro atoms. The fourth-order valence-electron chi connectivity index (χ4n) is 3.50. The van der Waals surface area contributed by atoms with Gasteiger partial charge in [0.05, 0.1) is 35.6 Å². The van der Waals surface area contributed by atoms with Crippen molar-refractivity contribution in [3.05, 3.63) is 29.6 Å². The molecule has 1 fully saturated rings. The predicted molar refractivity (Wildman–Crippen MR) is 108 cm³/mol. The Morgan fingerprint density at radius 3 is 2.86 bits per heavy atom. The maximum Gasteiger partial charge on any atom is 0.259 e. The summed E-state index contributed by atoms with van der Waals surface area (Å²) >= 11 is 0. The first-order chi connectivity index (χ1) is 14.2. The van der Waals surface area contributed by atoms with E-state index < -0.39 is 0 Å². The van der Waals surface area contributed by atoms with Crippen LogP contribution in [0.5, 0.6) is 0 Å². The van der Waals surface area contributed by atoms with Gasteiger partial charge in [0.1, 0.15) is 5.69 Å². The molecule has 29 heavy (non-hydrogen) atoms. The molecule has 0 radical (unpaired) electrons. The van der Waals surface area contributed by atoms with Gasteiger partial charge in [-0.05, 0) is 38.9 Å². The number of amides is 1. The second-order valence-corrected chi connectivity index (χ2v) is 7.12. The number of carbonyl (C=O) groups excluding carboxylic acids is 1. The molecule has 1 N–H and O–H groups in total. The number of rotatable bonds is 7. The van der Waals surface area contributed by atoms with E-state index in [1.165, 1.54) is 0 Å². The van der Waals surface area contributed by atoms with E-state index in [2.05, 4.69) is 25.5 Å². The van der Waals surface area contributed by atoms with Gasteiger partial charge in [0.15, 0.2) is 0 Å². The SMILES string of the molecule is CCn1ccc(-c2cc(C(=O)NCCCN3CCOCC3)c3c(C)noc3n2)n1. The van der Waals surface area contributed by atoms with Crippen molar-refractivity contribution in [2.75, 3.05) is 39.4 Å². The highest BCUT2D eigenvalue weighted by Crippen LogP contribution is 2.26. The minimum atomic E-state index is -0.151. The van der Waals surface area contributed by atoms with Crippen LogP contribution in [0.25, 0.3) is 22.5 Å². The molecule has 1 aliphatic heterocycles. The van der Waals surface area contributed by atoms with Gasteiger partial charge < -0.3 is 14.6 Å². The summed E-state index contributed by atoms with van der Waals surface area (Å²) in [5.41, 5.74) is 2.81. The number of aryl methyl sites for hydroxylation is 2. The molecule has 0 aliphatic carbocycles. The number of aromatic nitrogens is 4. The van der Waals surface area contributed by atoms with Gasteiger partial charge in [-0.1, -0.05) is 5.16 Å². The maximum atomic E-state index is 12.9. The zero-order valence-electron chi connectivity index (χ0n) is 16.8. The summed E-state index contributed by atoms with van der Waals surface area (Å²) in [6.07, 6.45) is 2.77. The summed E-state index contributed by atoms with van der Waals surface area (Å²) in [7, 11) is 0. The molecule has 0 unspecified atom stereocenters. The molecular formula is C20H26N6O3. The Labute approximate surface area is 169 Å². The first-order valence-electron chi connectivity index (χ1n) is 10.0. The highest BCUT2D eigenvalue weighted by Gasteiger charge is 2.20. The van der Waals surface area contributed by atoms with Crippen molar-refractivity contribution in [2.45, 2.75) is 26.8 Å². The number of pyridine rings is 1. The van der Waals surface area contributed by atoms with Crippen molar-refractivity contribution in [3.8, 4) is 11.4 Å². The Balaban J connectivity index is 1.50. The van der Waals surface area contributed by atoms with Crippen molar-refractivity contribution < 1.29 is 14.1 Å². The molecule has 0 saturated carbocycles. The number of carbonyl (C=O) groups is 1. The third-order valence-corrected chi connectivity index (χ3v) is 5.13. The minimum Gasteiger partial charge on any atom is -0.379 e. The van der Waals surface area contributed by atoms with Crippen LogP contribution < -0.4 is 5.32 Å². The summed E-state index contributed by atoms with van der Waals surface area (Å²) in [5.74, 6) is -0.151. The number of nitrogens with zero attached hydrogens (tertiary/aromatic N) is 5. The average Bonchev–Trinajstić information content (AvgIpc) is 3.38. The van der Waals surface area contributed by atoms with Crippen LogP contribution in [0.15, 0.2) is 22.9 Å². The summed E-state index contributed by atoms with van der Waals surface area (Å²) in [5, 5.41) is 12.1. The molecule has 154 valence electrons. The third kappa shape index (κ3) is 4.30. The molecule has 4 heterocycles. The van der Waals surface area contributed by atoms with Crippen LogP contribution >= 0.6 is 0 Å². The molecule has 1 aliphatic rings. The fourth-order valence-corrected chi connectivity index (χ4v) is 3.50. The lowest BCUT2D eigenvalue weighted by atomic mass is 10.1. The normalized spacial score (nSPS) is 15.1. The van der Waals surface area contributed by atoms with E-state index in [1.54, 1.807) is 6.07 Å². The van der Waals surface area contributed by atoms with Crippen LogP contribution in [0.1, 0.15) is 29.4 Å². The molecule has 3 aromatic heterocycles. The lowest BCUT2D eigenvalue weighted by molar-refractivity contribution is 0.0374. The largest absolute Gasteiger partial charge is 0.379 e. The highest BCUT2D eigenvalue weighted by atomic mass is 16.5. The Morgan fingerprint density at radius 1 is 1.28 bits per heavy atom. The lowest BCUT2D eigenvalue weighted by Crippen LogP contribution is -2.38. The van der Waals surface area contributed by atoms with Crippen molar-refractivity contribution >= 4 is 17.0 Å². The number of fused-ring (bicyclic) bond motifs is 1. The van der Waals surface area contributed by atoms with Crippen LogP contribution in [0.2, 0.25) is 0 Å². The second-order valence-electron chi connectivity index (χ2n) is 7.12. The van der Waals surface area contributed by atoms with Gasteiger partial charge in [0, 0.05) is 32.4 Å². The van der Waals surface area contributed by atoms with E-state index in [9.17, 15) is 4.79 Å². The van der Waals surface area contributed by atoms with Crippen molar-refractivity contribution in [1.29, 1.82) is 0 Å². The van der Waals surface area contributed by atoms with E-state index >= 15 is 0 Å². The number of nitrogens with one attached hydrogen (secondary N) is 1. The van der Waals surface area contributed by atoms with Crippen LogP contribution in [0.3, 0.4) is 0 Å². The summed E-state index contributed by atoms with van der Waals surface area (Å²) in [6.45, 7) is 9.61. The molecule has 0 atom stereocenters. The van der Waals surface area contributed by atoms with Crippen LogP contribution in [0, 0.1) is 6.92 Å². The molecule has 1 amide bonds. The summed E-state index contributed by atoms with van der Waals surface area (Å²) < 4.78 is 12.5. The van der Waals surface area contributed by atoms with Gasteiger partial charge >= 0.3 is 0 Å². The van der Waals surface area contributed by atoms with Crippen LogP contribution in [-0.4, -0.2) is 70.1 Å². The Morgan fingerprint density at radius 2 is 2.10 bits per heavy atom. The second kappa shape index (κ2) is 8.71. The zero-order valence-corrected chi connectivity index (χ0v) is 16.8. The van der Waals surface area contributed by atoms with Gasteiger partial charge in [0.2, 0.25) is 0 Å². The Bertz CT molecular complexity index is 989. The number of hydrogen-bond donors (Lipinski definition) is 1. The molecule has 9 heteroatoms. The molecule has 1 saturated heterocycles. The van der Waals surface area contributed by atoms with Gasteiger partial charge in [-0.2, -0.15) is 5.10 Å². The lowest BCUT2D eigenvalue weighted by Gasteiger charge is -2.26. The minimum absolute atomic E-state index is 0.151. The predicted octanol–water partition coefficient (Wildman–Crippen LogP) is 1.87. The van der Waals surface area contributed by atoms with E-state index in [-0.39, 0.29) is 5.91 Å². The maximum absolute atomic E-state index is 12.9. The first-order valence-corrected chi connectivity index (χ1v) is 10.0. The first kappa shape index (κ1) is 19.5. The number of morpholine rings is 1. The quantitative estimate of drug-likeness (QED) is 0.607. The van der Waals surface area contributed by atoms with Crippen LogP contribution in [0.4, 0.5) is 0 Å². The monoisotopic (exact) mass is 398 g/mol. The summed E-state index contributed by atoms with van der Waals surface area (Å²) in [4.78, 5) is 19.8. The molecule has 0 bridgehead atoms. The van der Waals surface area contributed by atoms with Gasteiger partial charge in [-0.3, -0.25) is 14.4 Å². The standard InChI is InChI=1S/C20H26N6O3/c1-3-26-8-5-16(23-26)17-13-15(18-14(2)24-29-20(18)22-17)19(27)21-6-4-7-25-9-11-28-12-10-25/h5,8,13H,3-4,6-7,9-12H2,1-2H3,(H,21,27). The van der Waals surface area contributed by atoms with Gasteiger partial charge in [-0.15, -0.1) is 0 Å². The Hall–Kier alpha value is -2.78. The van der Waals surface area contributed by atoms with E-state index in [0.29, 0.717) is 40.3 Å². The topological polar surface area (TPSA) is 98.3 Å². The van der Waals surface area contributed by atoms with E-state index in [0.717, 1.165) is 45.8 Å². The molecule has 9 nitrogen and oxygen atoms in total. The number of ether oxygens (including phenoxy) is 1. The van der Waals surface area contributed by atoms with Gasteiger partial charge in [0.25, 0.3) is 11.6 Å². The molecule has 0 aromatic carbocycles. The van der Waals surface area contributed by atoms with Gasteiger partial charge in [-0.25, -0.2) is 4.98 Å². The Kier molecular flexibility index (Phi) is 5.86. The van der Waals surface area contributed by atoms with E-state index in [1.807, 2.05) is 30.8 Å². The molecular weight excluding hydrogens is 372 g/mol. The van der Waals surface area contributed by atoms with Crippen molar-refractivity contribution in [1.82, 2.24) is 30.1 Å².